The molecule has 1 atom stereocenters. The highest BCUT2D eigenvalue weighted by Gasteiger charge is 2.35. The molecule has 210 valence electrons. The van der Waals surface area contributed by atoms with Crippen molar-refractivity contribution in [3.05, 3.63) is 82.9 Å². The number of ether oxygens (including phenoxy) is 2. The molecule has 0 aromatic heterocycles. The van der Waals surface area contributed by atoms with E-state index in [0.29, 0.717) is 23.7 Å². The van der Waals surface area contributed by atoms with Gasteiger partial charge in [-0.3, -0.25) is 14.4 Å². The number of carbonyl (C=O) groups is 3. The second kappa shape index (κ2) is 12.3. The largest absolute Gasteiger partial charge is 0.497 e. The smallest absolute Gasteiger partial charge is 0.417 e. The Kier molecular flexibility index (Phi) is 8.83. The van der Waals surface area contributed by atoms with Crippen molar-refractivity contribution in [1.29, 1.82) is 0 Å². The quantitative estimate of drug-likeness (QED) is 0.372. The summed E-state index contributed by atoms with van der Waals surface area (Å²) in [7, 11) is 1.57. The number of alkyl halides is 3. The van der Waals surface area contributed by atoms with Crippen LogP contribution >= 0.6 is 11.6 Å². The molecule has 40 heavy (non-hydrogen) atoms. The number of anilines is 2. The zero-order chi connectivity index (χ0) is 28.9. The van der Waals surface area contributed by atoms with Gasteiger partial charge in [0.15, 0.2) is 6.61 Å². The Labute approximate surface area is 233 Å². The predicted molar refractivity (Wildman–Crippen MR) is 142 cm³/mol. The van der Waals surface area contributed by atoms with Gasteiger partial charge in [0.25, 0.3) is 5.91 Å². The normalized spacial score (nSPS) is 15.1. The zero-order valence-electron chi connectivity index (χ0n) is 21.3. The van der Waals surface area contributed by atoms with Crippen molar-refractivity contribution in [3.63, 3.8) is 0 Å². The van der Waals surface area contributed by atoms with Crippen molar-refractivity contribution in [3.8, 4) is 11.5 Å². The molecule has 12 heteroatoms. The maximum atomic E-state index is 13.0. The first-order valence-corrected chi connectivity index (χ1v) is 12.5. The average Bonchev–Trinajstić information content (AvgIpc) is 3.33. The lowest BCUT2D eigenvalue weighted by atomic mass is 10.1. The van der Waals surface area contributed by atoms with Crippen LogP contribution in [0.4, 0.5) is 24.5 Å². The molecular weight excluding hydrogens is 551 g/mol. The van der Waals surface area contributed by atoms with Crippen LogP contribution in [0.25, 0.3) is 0 Å². The van der Waals surface area contributed by atoms with Crippen LogP contribution in [0, 0.1) is 5.92 Å². The van der Waals surface area contributed by atoms with E-state index < -0.39 is 35.2 Å². The van der Waals surface area contributed by atoms with Crippen LogP contribution in [0.5, 0.6) is 11.5 Å². The molecule has 1 heterocycles. The first-order chi connectivity index (χ1) is 19.0. The van der Waals surface area contributed by atoms with Crippen LogP contribution in [-0.2, 0) is 27.1 Å². The molecule has 1 saturated heterocycles. The van der Waals surface area contributed by atoms with Crippen LogP contribution in [0.15, 0.2) is 66.7 Å². The first-order valence-electron chi connectivity index (χ1n) is 12.1. The van der Waals surface area contributed by atoms with Gasteiger partial charge in [-0.2, -0.15) is 13.2 Å². The van der Waals surface area contributed by atoms with E-state index in [0.717, 1.165) is 17.7 Å². The third-order valence-electron chi connectivity index (χ3n) is 6.20. The molecule has 0 aliphatic carbocycles. The monoisotopic (exact) mass is 575 g/mol. The lowest BCUT2D eigenvalue weighted by Gasteiger charge is -2.17. The Bertz CT molecular complexity index is 1380. The van der Waals surface area contributed by atoms with Crippen LogP contribution in [0.3, 0.4) is 0 Å². The molecular formula is C28H25ClF3N3O5. The number of amides is 3. The number of nitrogens with zero attached hydrogens (tertiary/aromatic N) is 1. The third kappa shape index (κ3) is 7.23. The molecule has 2 N–H and O–H groups in total. The van der Waals surface area contributed by atoms with E-state index in [1.807, 2.05) is 12.1 Å². The molecule has 3 amide bonds. The minimum Gasteiger partial charge on any atom is -0.497 e. The van der Waals surface area contributed by atoms with Gasteiger partial charge in [-0.05, 0) is 60.2 Å². The molecule has 1 aliphatic heterocycles. The SMILES string of the molecule is COc1ccc(CNC(=O)[C@@H]2CC(=O)N(c3ccc(OCC(=O)Nc4ccc(Cl)c(C(F)(F)F)c4)cc3)C2)cc1. The van der Waals surface area contributed by atoms with E-state index >= 15 is 0 Å². The maximum absolute atomic E-state index is 13.0. The van der Waals surface area contributed by atoms with E-state index in [9.17, 15) is 27.6 Å². The first kappa shape index (κ1) is 28.8. The Morgan fingerprint density at radius 1 is 1.02 bits per heavy atom. The molecule has 1 aliphatic rings. The third-order valence-corrected chi connectivity index (χ3v) is 6.53. The van der Waals surface area contributed by atoms with E-state index in [1.165, 1.54) is 11.0 Å². The van der Waals surface area contributed by atoms with Crippen molar-refractivity contribution in [2.75, 3.05) is 30.5 Å². The molecule has 0 unspecified atom stereocenters. The number of hydrogen-bond acceptors (Lipinski definition) is 5. The average molecular weight is 576 g/mol. The summed E-state index contributed by atoms with van der Waals surface area (Å²) in [6.45, 7) is 0.0912. The lowest BCUT2D eigenvalue weighted by Crippen LogP contribution is -2.32. The van der Waals surface area contributed by atoms with Gasteiger partial charge in [0.2, 0.25) is 11.8 Å². The Morgan fingerprint density at radius 3 is 2.35 bits per heavy atom. The number of rotatable bonds is 9. The highest BCUT2D eigenvalue weighted by molar-refractivity contribution is 6.31. The molecule has 4 rings (SSSR count). The minimum absolute atomic E-state index is 0.0733. The minimum atomic E-state index is -4.66. The highest BCUT2D eigenvalue weighted by Crippen LogP contribution is 2.36. The summed E-state index contributed by atoms with van der Waals surface area (Å²) in [5.41, 5.74) is 0.333. The summed E-state index contributed by atoms with van der Waals surface area (Å²) in [6.07, 6.45) is -4.58. The van der Waals surface area contributed by atoms with E-state index in [2.05, 4.69) is 10.6 Å². The Balaban J connectivity index is 1.27. The van der Waals surface area contributed by atoms with Crippen molar-refractivity contribution >= 4 is 40.7 Å². The number of halogens is 4. The molecule has 0 spiro atoms. The number of benzene rings is 3. The number of carbonyl (C=O) groups excluding carboxylic acids is 3. The fraction of sp³-hybridized carbons (Fsp3) is 0.250. The molecule has 3 aromatic rings. The molecule has 3 aromatic carbocycles. The summed E-state index contributed by atoms with van der Waals surface area (Å²) in [4.78, 5) is 38.9. The second-order valence-electron chi connectivity index (χ2n) is 8.99. The van der Waals surface area contributed by atoms with Gasteiger partial charge in [-0.1, -0.05) is 23.7 Å². The number of methoxy groups -OCH3 is 1. The van der Waals surface area contributed by atoms with Crippen LogP contribution < -0.4 is 25.0 Å². The van der Waals surface area contributed by atoms with Crippen LogP contribution in [-0.4, -0.2) is 38.0 Å². The van der Waals surface area contributed by atoms with Gasteiger partial charge in [-0.25, -0.2) is 0 Å². The fourth-order valence-corrected chi connectivity index (χ4v) is 4.32. The Morgan fingerprint density at radius 2 is 1.70 bits per heavy atom. The maximum Gasteiger partial charge on any atom is 0.417 e. The van der Waals surface area contributed by atoms with Crippen LogP contribution in [0.2, 0.25) is 5.02 Å². The van der Waals surface area contributed by atoms with Gasteiger partial charge in [0, 0.05) is 30.9 Å². The van der Waals surface area contributed by atoms with Crippen molar-refractivity contribution in [2.45, 2.75) is 19.1 Å². The van der Waals surface area contributed by atoms with E-state index in [4.69, 9.17) is 21.1 Å². The zero-order valence-corrected chi connectivity index (χ0v) is 22.0. The van der Waals surface area contributed by atoms with Gasteiger partial charge >= 0.3 is 6.18 Å². The lowest BCUT2D eigenvalue weighted by molar-refractivity contribution is -0.137. The summed E-state index contributed by atoms with van der Waals surface area (Å²) < 4.78 is 49.6. The molecule has 0 bridgehead atoms. The van der Waals surface area contributed by atoms with Gasteiger partial charge < -0.3 is 25.0 Å². The topological polar surface area (TPSA) is 97.0 Å². The standard InChI is InChI=1S/C28H25ClF3N3O5/c1-39-21-7-2-17(3-8-21)14-33-27(38)18-12-26(37)35(15-18)20-5-9-22(10-6-20)40-16-25(36)34-19-4-11-24(29)23(13-19)28(30,31)32/h2-11,13,18H,12,14-16H2,1H3,(H,33,38)(H,34,36)/t18-/m1/s1. The van der Waals surface area contributed by atoms with E-state index in [-0.39, 0.29) is 30.5 Å². The summed E-state index contributed by atoms with van der Waals surface area (Å²) in [6, 6.07) is 16.7. The molecule has 0 radical (unpaired) electrons. The predicted octanol–water partition coefficient (Wildman–Crippen LogP) is 5.05. The van der Waals surface area contributed by atoms with E-state index in [1.54, 1.807) is 43.5 Å². The van der Waals surface area contributed by atoms with Crippen LogP contribution in [0.1, 0.15) is 17.5 Å². The molecule has 1 fully saturated rings. The molecule has 8 nitrogen and oxygen atoms in total. The summed E-state index contributed by atoms with van der Waals surface area (Å²) >= 11 is 5.59. The number of hydrogen-bond donors (Lipinski definition) is 2. The molecule has 0 saturated carbocycles. The second-order valence-corrected chi connectivity index (χ2v) is 9.40. The summed E-state index contributed by atoms with van der Waals surface area (Å²) in [5, 5.41) is 4.72. The fourth-order valence-electron chi connectivity index (χ4n) is 4.10. The Hall–Kier alpha value is -4.25. The van der Waals surface area contributed by atoms with Gasteiger partial charge in [-0.15, -0.1) is 0 Å². The van der Waals surface area contributed by atoms with Crippen molar-refractivity contribution < 1.29 is 37.0 Å². The van der Waals surface area contributed by atoms with Crippen molar-refractivity contribution in [1.82, 2.24) is 5.32 Å². The summed E-state index contributed by atoms with van der Waals surface area (Å²) in [5.74, 6) is -0.563. The van der Waals surface area contributed by atoms with Gasteiger partial charge in [0.05, 0.1) is 23.6 Å². The number of nitrogens with one attached hydrogen (secondary N) is 2. The van der Waals surface area contributed by atoms with Gasteiger partial charge in [0.1, 0.15) is 11.5 Å². The van der Waals surface area contributed by atoms with Crippen molar-refractivity contribution in [2.24, 2.45) is 5.92 Å². The highest BCUT2D eigenvalue weighted by atomic mass is 35.5.